The van der Waals surface area contributed by atoms with Crippen LogP contribution in [0.5, 0.6) is 0 Å². The number of amides is 1. The third-order valence-corrected chi connectivity index (χ3v) is 4.36. The molecule has 0 atom stereocenters. The number of benzene rings is 1. The van der Waals surface area contributed by atoms with Crippen molar-refractivity contribution in [2.45, 2.75) is 13.5 Å². The van der Waals surface area contributed by atoms with E-state index in [9.17, 15) is 4.79 Å². The van der Waals surface area contributed by atoms with Gasteiger partial charge in [-0.1, -0.05) is 6.07 Å². The van der Waals surface area contributed by atoms with E-state index in [1.54, 1.807) is 11.3 Å². The van der Waals surface area contributed by atoms with Gasteiger partial charge in [-0.15, -0.1) is 0 Å². The fraction of sp³-hybridized carbons (Fsp3) is 0.154. The van der Waals surface area contributed by atoms with E-state index in [-0.39, 0.29) is 5.91 Å². The van der Waals surface area contributed by atoms with Crippen molar-refractivity contribution in [3.8, 4) is 0 Å². The molecule has 0 saturated heterocycles. The smallest absolute Gasteiger partial charge is 0.251 e. The first-order chi connectivity index (χ1) is 8.16. The second kappa shape index (κ2) is 5.64. The van der Waals surface area contributed by atoms with E-state index in [0.29, 0.717) is 6.54 Å². The van der Waals surface area contributed by atoms with Crippen molar-refractivity contribution in [3.05, 3.63) is 55.3 Å². The Labute approximate surface area is 118 Å². The number of rotatable bonds is 3. The van der Waals surface area contributed by atoms with Gasteiger partial charge in [0, 0.05) is 15.7 Å². The molecule has 1 N–H and O–H groups in total. The molecule has 17 heavy (non-hydrogen) atoms. The molecule has 0 saturated carbocycles. The van der Waals surface area contributed by atoms with Crippen LogP contribution in [-0.4, -0.2) is 5.91 Å². The number of nitrogens with one attached hydrogen (secondary N) is 1. The zero-order chi connectivity index (χ0) is 12.3. The van der Waals surface area contributed by atoms with Gasteiger partial charge >= 0.3 is 0 Å². The van der Waals surface area contributed by atoms with Gasteiger partial charge in [-0.3, -0.25) is 4.79 Å². The average molecular weight is 357 g/mol. The molecule has 0 bridgehead atoms. The summed E-state index contributed by atoms with van der Waals surface area (Å²) < 4.78 is 1.12. The Balaban J connectivity index is 2.02. The fourth-order valence-corrected chi connectivity index (χ4v) is 2.60. The van der Waals surface area contributed by atoms with Crippen molar-refractivity contribution in [3.63, 3.8) is 0 Å². The van der Waals surface area contributed by atoms with Crippen molar-refractivity contribution in [2.75, 3.05) is 0 Å². The number of thiophene rings is 1. The predicted molar refractivity (Wildman–Crippen MR) is 79.4 cm³/mol. The molecule has 2 nitrogen and oxygen atoms in total. The molecule has 0 spiro atoms. The molecule has 0 aliphatic carbocycles. The third-order valence-electron chi connectivity index (χ3n) is 2.47. The summed E-state index contributed by atoms with van der Waals surface area (Å²) in [5.74, 6) is -0.0193. The van der Waals surface area contributed by atoms with Gasteiger partial charge in [0.15, 0.2) is 0 Å². The van der Waals surface area contributed by atoms with Gasteiger partial charge in [0.25, 0.3) is 5.91 Å². The van der Waals surface area contributed by atoms with Crippen LogP contribution in [0.25, 0.3) is 0 Å². The number of carbonyl (C=O) groups is 1. The van der Waals surface area contributed by atoms with Crippen LogP contribution >= 0.6 is 33.9 Å². The lowest BCUT2D eigenvalue weighted by Gasteiger charge is -2.05. The molecular formula is C13H12INOS. The molecule has 88 valence electrons. The van der Waals surface area contributed by atoms with Gasteiger partial charge in [-0.25, -0.2) is 0 Å². The van der Waals surface area contributed by atoms with Gasteiger partial charge < -0.3 is 5.32 Å². The van der Waals surface area contributed by atoms with Gasteiger partial charge in [0.1, 0.15) is 0 Å². The highest BCUT2D eigenvalue weighted by atomic mass is 127. The van der Waals surface area contributed by atoms with E-state index >= 15 is 0 Å². The third kappa shape index (κ3) is 3.29. The first kappa shape index (κ1) is 12.6. The minimum absolute atomic E-state index is 0.0193. The van der Waals surface area contributed by atoms with Crippen molar-refractivity contribution < 1.29 is 4.79 Å². The first-order valence-electron chi connectivity index (χ1n) is 5.22. The van der Waals surface area contributed by atoms with Gasteiger partial charge in [-0.2, -0.15) is 11.3 Å². The van der Waals surface area contributed by atoms with Crippen molar-refractivity contribution in [2.24, 2.45) is 0 Å². The van der Waals surface area contributed by atoms with E-state index in [2.05, 4.69) is 27.9 Å². The molecule has 2 aromatic rings. The number of halogens is 1. The predicted octanol–water partition coefficient (Wildman–Crippen LogP) is 3.59. The van der Waals surface area contributed by atoms with Crippen molar-refractivity contribution in [1.82, 2.24) is 5.32 Å². The van der Waals surface area contributed by atoms with Gasteiger partial charge in [0.05, 0.1) is 0 Å². The molecule has 0 aliphatic heterocycles. The molecule has 1 aromatic carbocycles. The molecule has 1 aromatic heterocycles. The molecule has 2 rings (SSSR count). The van der Waals surface area contributed by atoms with Crippen LogP contribution in [0.15, 0.2) is 35.0 Å². The highest BCUT2D eigenvalue weighted by Gasteiger charge is 2.06. The Bertz CT molecular complexity index is 522. The second-order valence-corrected chi connectivity index (χ2v) is 5.72. The van der Waals surface area contributed by atoms with Gasteiger partial charge in [0.2, 0.25) is 0 Å². The van der Waals surface area contributed by atoms with E-state index in [0.717, 1.165) is 14.7 Å². The minimum atomic E-state index is -0.0193. The maximum absolute atomic E-state index is 11.9. The largest absolute Gasteiger partial charge is 0.348 e. The molecule has 0 aliphatic rings. The van der Waals surface area contributed by atoms with Crippen LogP contribution < -0.4 is 5.32 Å². The Morgan fingerprint density at radius 2 is 2.24 bits per heavy atom. The number of hydrogen-bond acceptors (Lipinski definition) is 2. The molecule has 1 amide bonds. The van der Waals surface area contributed by atoms with E-state index in [1.165, 1.54) is 5.56 Å². The van der Waals surface area contributed by atoms with Crippen LogP contribution in [0.1, 0.15) is 21.5 Å². The molecule has 1 heterocycles. The number of hydrogen-bond donors (Lipinski definition) is 1. The fourth-order valence-electron chi connectivity index (χ4n) is 1.41. The zero-order valence-electron chi connectivity index (χ0n) is 9.37. The summed E-state index contributed by atoms with van der Waals surface area (Å²) in [6.45, 7) is 2.63. The van der Waals surface area contributed by atoms with Crippen LogP contribution in [0.4, 0.5) is 0 Å². The zero-order valence-corrected chi connectivity index (χ0v) is 12.3. The lowest BCUT2D eigenvalue weighted by atomic mass is 10.1. The Morgan fingerprint density at radius 3 is 2.88 bits per heavy atom. The topological polar surface area (TPSA) is 29.1 Å². The molecule has 0 unspecified atom stereocenters. The SMILES string of the molecule is Cc1ccc(C(=O)NCc2ccsc2)cc1I. The minimum Gasteiger partial charge on any atom is -0.348 e. The van der Waals surface area contributed by atoms with E-state index in [1.807, 2.05) is 41.9 Å². The Morgan fingerprint density at radius 1 is 1.41 bits per heavy atom. The van der Waals surface area contributed by atoms with Crippen LogP contribution in [-0.2, 0) is 6.54 Å². The molecule has 0 fully saturated rings. The van der Waals surface area contributed by atoms with E-state index < -0.39 is 0 Å². The lowest BCUT2D eigenvalue weighted by Crippen LogP contribution is -2.22. The lowest BCUT2D eigenvalue weighted by molar-refractivity contribution is 0.0951. The monoisotopic (exact) mass is 357 g/mol. The standard InChI is InChI=1S/C13H12INOS/c1-9-2-3-11(6-12(9)14)13(16)15-7-10-4-5-17-8-10/h2-6,8H,7H2,1H3,(H,15,16). The number of aryl methyl sites for hydroxylation is 1. The van der Waals surface area contributed by atoms with Gasteiger partial charge in [-0.05, 0) is 69.6 Å². The number of carbonyl (C=O) groups excluding carboxylic acids is 1. The quantitative estimate of drug-likeness (QED) is 0.836. The normalized spacial score (nSPS) is 10.2. The summed E-state index contributed by atoms with van der Waals surface area (Å²) in [5.41, 5.74) is 3.06. The maximum Gasteiger partial charge on any atom is 0.251 e. The second-order valence-electron chi connectivity index (χ2n) is 3.78. The summed E-state index contributed by atoms with van der Waals surface area (Å²) in [4.78, 5) is 11.9. The van der Waals surface area contributed by atoms with Crippen molar-refractivity contribution in [1.29, 1.82) is 0 Å². The summed E-state index contributed by atoms with van der Waals surface area (Å²) in [7, 11) is 0. The average Bonchev–Trinajstić information content (AvgIpc) is 2.82. The van der Waals surface area contributed by atoms with Crippen LogP contribution in [0.2, 0.25) is 0 Å². The summed E-state index contributed by atoms with van der Waals surface area (Å²) >= 11 is 3.88. The molecule has 0 radical (unpaired) electrons. The summed E-state index contributed by atoms with van der Waals surface area (Å²) in [6.07, 6.45) is 0. The van der Waals surface area contributed by atoms with Crippen LogP contribution in [0.3, 0.4) is 0 Å². The maximum atomic E-state index is 11.9. The van der Waals surface area contributed by atoms with E-state index in [4.69, 9.17) is 0 Å². The van der Waals surface area contributed by atoms with Crippen molar-refractivity contribution >= 4 is 39.8 Å². The Kier molecular flexibility index (Phi) is 4.17. The highest BCUT2D eigenvalue weighted by Crippen LogP contribution is 2.13. The highest BCUT2D eigenvalue weighted by molar-refractivity contribution is 14.1. The van der Waals surface area contributed by atoms with Crippen LogP contribution in [0, 0.1) is 10.5 Å². The summed E-state index contributed by atoms with van der Waals surface area (Å²) in [5, 5.41) is 6.96. The molecular weight excluding hydrogens is 345 g/mol. The Hall–Kier alpha value is -0.880. The summed E-state index contributed by atoms with van der Waals surface area (Å²) in [6, 6.07) is 7.77. The molecule has 4 heteroatoms. The first-order valence-corrected chi connectivity index (χ1v) is 7.24.